The number of fused-ring (bicyclic) bond motifs is 3. The number of benzene rings is 2. The number of hydrogen-bond donors (Lipinski definition) is 0. The van der Waals surface area contributed by atoms with Crippen molar-refractivity contribution in [3.63, 3.8) is 0 Å². The fourth-order valence-corrected chi connectivity index (χ4v) is 3.62. The van der Waals surface area contributed by atoms with Crippen LogP contribution < -0.4 is 9.47 Å². The summed E-state index contributed by atoms with van der Waals surface area (Å²) in [6.45, 7) is 0.223. The second kappa shape index (κ2) is 4.92. The fraction of sp³-hybridized carbons (Fsp3) is 0.0500. The lowest BCUT2D eigenvalue weighted by molar-refractivity contribution is 0.174. The Bertz CT molecular complexity index is 1230. The molecule has 0 fully saturated rings. The predicted octanol–water partition coefficient (Wildman–Crippen LogP) is 3.61. The van der Waals surface area contributed by atoms with Gasteiger partial charge in [-0.05, 0) is 24.3 Å². The van der Waals surface area contributed by atoms with Crippen LogP contribution in [0.25, 0.3) is 16.8 Å². The molecule has 0 radical (unpaired) electrons. The normalized spacial score (nSPS) is 14.1. The maximum atomic E-state index is 5.73. The van der Waals surface area contributed by atoms with Crippen molar-refractivity contribution in [3.8, 4) is 22.8 Å². The highest BCUT2D eigenvalue weighted by Crippen LogP contribution is 2.41. The van der Waals surface area contributed by atoms with Gasteiger partial charge in [-0.2, -0.15) is 5.10 Å². The average Bonchev–Trinajstić information content (AvgIpc) is 3.30. The number of ether oxygens (including phenoxy) is 2. The van der Waals surface area contributed by atoms with E-state index >= 15 is 0 Å². The van der Waals surface area contributed by atoms with Gasteiger partial charge in [0.25, 0.3) is 0 Å². The van der Waals surface area contributed by atoms with Crippen molar-refractivity contribution in [3.05, 3.63) is 72.2 Å². The minimum Gasteiger partial charge on any atom is -0.454 e. The first-order valence-electron chi connectivity index (χ1n) is 8.30. The topological polar surface area (TPSA) is 61.0 Å². The molecule has 6 nitrogen and oxygen atoms in total. The van der Waals surface area contributed by atoms with Crippen LogP contribution in [0.5, 0.6) is 11.5 Å². The molecule has 4 heterocycles. The molecule has 6 heteroatoms. The van der Waals surface area contributed by atoms with Gasteiger partial charge in [0.2, 0.25) is 6.79 Å². The summed E-state index contributed by atoms with van der Waals surface area (Å²) >= 11 is 0. The largest absolute Gasteiger partial charge is 0.454 e. The number of nitrogens with zero attached hydrogens (tertiary/aromatic N) is 4. The van der Waals surface area contributed by atoms with Crippen LogP contribution >= 0.6 is 0 Å². The molecule has 0 aliphatic carbocycles. The molecule has 4 aromatic rings. The summed E-state index contributed by atoms with van der Waals surface area (Å²) < 4.78 is 13.1. The summed E-state index contributed by atoms with van der Waals surface area (Å²) in [7, 11) is 0. The van der Waals surface area contributed by atoms with E-state index < -0.39 is 0 Å². The monoisotopic (exact) mass is 340 g/mol. The molecule has 0 atom stereocenters. The molecular formula is C20H12N4O2. The third-order valence-electron chi connectivity index (χ3n) is 4.75. The Hall–Kier alpha value is -3.67. The average molecular weight is 340 g/mol. The summed E-state index contributed by atoms with van der Waals surface area (Å²) in [5.41, 5.74) is 6.37. The second-order valence-corrected chi connectivity index (χ2v) is 6.15. The summed E-state index contributed by atoms with van der Waals surface area (Å²) in [5.74, 6) is 1.46. The maximum Gasteiger partial charge on any atom is 0.231 e. The molecule has 0 unspecified atom stereocenters. The van der Waals surface area contributed by atoms with Gasteiger partial charge in [-0.25, -0.2) is 14.5 Å². The Morgan fingerprint density at radius 1 is 0.885 bits per heavy atom. The van der Waals surface area contributed by atoms with Crippen molar-refractivity contribution >= 4 is 16.9 Å². The Morgan fingerprint density at radius 3 is 2.81 bits per heavy atom. The highest BCUT2D eigenvalue weighted by Gasteiger charge is 2.27. The van der Waals surface area contributed by atoms with Crippen LogP contribution in [0.4, 0.5) is 5.69 Å². The van der Waals surface area contributed by atoms with Gasteiger partial charge < -0.3 is 9.47 Å². The first-order valence-corrected chi connectivity index (χ1v) is 8.30. The minimum absolute atomic E-state index is 0.223. The SMILES string of the molecule is c1ccc2c(c1)N=C(c1cccc3c1OCO3)c1ccn3ncnc-2c13. The van der Waals surface area contributed by atoms with E-state index in [0.717, 1.165) is 50.8 Å². The minimum atomic E-state index is 0.223. The van der Waals surface area contributed by atoms with Crippen LogP contribution in [0.2, 0.25) is 0 Å². The molecule has 2 aliphatic heterocycles. The number of aromatic nitrogens is 3. The van der Waals surface area contributed by atoms with Gasteiger partial charge in [-0.3, -0.25) is 0 Å². The summed E-state index contributed by atoms with van der Waals surface area (Å²) in [4.78, 5) is 9.55. The molecule has 6 rings (SSSR count). The van der Waals surface area contributed by atoms with Crippen molar-refractivity contribution in [2.45, 2.75) is 0 Å². The molecule has 0 saturated carbocycles. The van der Waals surface area contributed by atoms with Gasteiger partial charge in [0.15, 0.2) is 11.5 Å². The third-order valence-corrected chi connectivity index (χ3v) is 4.75. The molecule has 124 valence electrons. The second-order valence-electron chi connectivity index (χ2n) is 6.15. The van der Waals surface area contributed by atoms with Gasteiger partial charge in [0, 0.05) is 22.9 Å². The highest BCUT2D eigenvalue weighted by molar-refractivity contribution is 6.22. The smallest absolute Gasteiger partial charge is 0.231 e. The molecule has 0 N–H and O–H groups in total. The summed E-state index contributed by atoms with van der Waals surface area (Å²) in [5, 5.41) is 4.35. The lowest BCUT2D eigenvalue weighted by Gasteiger charge is -2.08. The molecule has 0 spiro atoms. The molecule has 0 amide bonds. The number of rotatable bonds is 1. The Balaban J connectivity index is 1.75. The fourth-order valence-electron chi connectivity index (χ4n) is 3.62. The Kier molecular flexibility index (Phi) is 2.57. The van der Waals surface area contributed by atoms with Crippen molar-refractivity contribution in [1.29, 1.82) is 0 Å². The number of aliphatic imine (C=N–C) groups is 1. The van der Waals surface area contributed by atoms with Crippen LogP contribution in [0.15, 0.2) is 66.0 Å². The van der Waals surface area contributed by atoms with E-state index in [1.807, 2.05) is 59.2 Å². The zero-order valence-corrected chi connectivity index (χ0v) is 13.6. The zero-order chi connectivity index (χ0) is 17.1. The van der Waals surface area contributed by atoms with Gasteiger partial charge in [-0.15, -0.1) is 0 Å². The van der Waals surface area contributed by atoms with E-state index in [4.69, 9.17) is 14.5 Å². The highest BCUT2D eigenvalue weighted by atomic mass is 16.7. The van der Waals surface area contributed by atoms with Crippen LogP contribution in [0.1, 0.15) is 11.1 Å². The quantitative estimate of drug-likeness (QED) is 0.468. The van der Waals surface area contributed by atoms with Crippen LogP contribution in [-0.2, 0) is 0 Å². The molecule has 2 aliphatic rings. The van der Waals surface area contributed by atoms with Crippen molar-refractivity contribution < 1.29 is 9.47 Å². The summed E-state index contributed by atoms with van der Waals surface area (Å²) in [6, 6.07) is 15.9. The van der Waals surface area contributed by atoms with Crippen molar-refractivity contribution in [2.24, 2.45) is 4.99 Å². The van der Waals surface area contributed by atoms with Gasteiger partial charge in [0.05, 0.1) is 11.4 Å². The summed E-state index contributed by atoms with van der Waals surface area (Å²) in [6.07, 6.45) is 3.50. The van der Waals surface area contributed by atoms with E-state index in [-0.39, 0.29) is 6.79 Å². The van der Waals surface area contributed by atoms with Gasteiger partial charge in [0.1, 0.15) is 17.5 Å². The Morgan fingerprint density at radius 2 is 1.81 bits per heavy atom. The molecule has 2 aromatic heterocycles. The van der Waals surface area contributed by atoms with Gasteiger partial charge in [-0.1, -0.05) is 24.3 Å². The standard InChI is InChI=1S/C20H12N4O2/c1-2-6-15-12(4-1)18-19-13(8-9-24(19)22-10-21-18)17(23-15)14-5-3-7-16-20(14)26-11-25-16/h1-10H,11H2. The number of para-hydroxylation sites is 2. The van der Waals surface area contributed by atoms with E-state index in [1.165, 1.54) is 0 Å². The lowest BCUT2D eigenvalue weighted by atomic mass is 10.0. The third kappa shape index (κ3) is 1.73. The van der Waals surface area contributed by atoms with Crippen LogP contribution in [0, 0.1) is 0 Å². The van der Waals surface area contributed by atoms with Crippen LogP contribution in [0.3, 0.4) is 0 Å². The van der Waals surface area contributed by atoms with E-state index in [9.17, 15) is 0 Å². The van der Waals surface area contributed by atoms with E-state index in [2.05, 4.69) is 10.1 Å². The van der Waals surface area contributed by atoms with E-state index in [1.54, 1.807) is 6.33 Å². The predicted molar refractivity (Wildman–Crippen MR) is 96.3 cm³/mol. The molecular weight excluding hydrogens is 328 g/mol. The Labute approximate surface area is 148 Å². The van der Waals surface area contributed by atoms with E-state index in [0.29, 0.717) is 0 Å². The van der Waals surface area contributed by atoms with Crippen LogP contribution in [-0.4, -0.2) is 27.1 Å². The molecule has 2 aromatic carbocycles. The van der Waals surface area contributed by atoms with Crippen molar-refractivity contribution in [1.82, 2.24) is 14.6 Å². The zero-order valence-electron chi connectivity index (χ0n) is 13.6. The number of hydrogen-bond acceptors (Lipinski definition) is 5. The first kappa shape index (κ1) is 13.6. The molecule has 26 heavy (non-hydrogen) atoms. The molecule has 0 bridgehead atoms. The lowest BCUT2D eigenvalue weighted by Crippen LogP contribution is -2.05. The first-order chi connectivity index (χ1) is 12.9. The maximum absolute atomic E-state index is 5.73. The van der Waals surface area contributed by atoms with Gasteiger partial charge >= 0.3 is 0 Å². The molecule has 0 saturated heterocycles. The van der Waals surface area contributed by atoms with Crippen molar-refractivity contribution in [2.75, 3.05) is 6.79 Å².